The maximum atomic E-state index is 5.47. The minimum atomic E-state index is 0. The quantitative estimate of drug-likeness (QED) is 0.404. The van der Waals surface area contributed by atoms with E-state index in [1.54, 1.807) is 0 Å². The number of hydrogen-bond donors (Lipinski definition) is 0. The van der Waals surface area contributed by atoms with Crippen LogP contribution < -0.4 is 17.0 Å². The van der Waals surface area contributed by atoms with Gasteiger partial charge in [-0.2, -0.15) is 4.65 Å². The zero-order valence-corrected chi connectivity index (χ0v) is 8.94. The van der Waals surface area contributed by atoms with Crippen LogP contribution >= 0.6 is 0 Å². The second-order valence-corrected chi connectivity index (χ2v) is 2.72. The molecule has 0 rings (SSSR count). The lowest BCUT2D eigenvalue weighted by Crippen LogP contribution is -3.00. The molecule has 0 aliphatic rings. The third kappa shape index (κ3) is 6.52. The number of halogens is 1. The van der Waals surface area contributed by atoms with Crippen LogP contribution in [-0.4, -0.2) is 31.9 Å². The van der Waals surface area contributed by atoms with E-state index in [1.165, 1.54) is 0 Å². The van der Waals surface area contributed by atoms with Crippen LogP contribution in [0.1, 0.15) is 20.3 Å². The Kier molecular flexibility index (Phi) is 7.99. The summed E-state index contributed by atoms with van der Waals surface area (Å²) in [5.74, 6) is 0. The molecule has 0 saturated carbocycles. The molecule has 10 heavy (non-hydrogen) atoms. The van der Waals surface area contributed by atoms with Gasteiger partial charge in [0.1, 0.15) is 13.2 Å². The lowest BCUT2D eigenvalue weighted by molar-refractivity contribution is -1.08. The molecule has 0 aromatic heterocycles. The average molecular weight is 212 g/mol. The highest BCUT2D eigenvalue weighted by Crippen LogP contribution is 1.97. The summed E-state index contributed by atoms with van der Waals surface area (Å²) < 4.78 is 0.674. The summed E-state index contributed by atoms with van der Waals surface area (Å²) in [5, 5.41) is 0. The van der Waals surface area contributed by atoms with Gasteiger partial charge in [0.15, 0.2) is 0 Å². The minimum Gasteiger partial charge on any atom is -1.00 e. The van der Waals surface area contributed by atoms with Crippen LogP contribution in [0, 0.1) is 0 Å². The van der Waals surface area contributed by atoms with Crippen molar-refractivity contribution in [1.82, 2.24) is 0 Å². The Hall–Kier alpha value is 0.400. The second kappa shape index (κ2) is 6.13. The molecule has 64 valence electrons. The van der Waals surface area contributed by atoms with Gasteiger partial charge in [0, 0.05) is 0 Å². The fourth-order valence-corrected chi connectivity index (χ4v) is 0.430. The van der Waals surface area contributed by atoms with Crippen molar-refractivity contribution < 1.29 is 26.5 Å². The van der Waals surface area contributed by atoms with Crippen LogP contribution in [0.4, 0.5) is 0 Å². The molecule has 0 aliphatic carbocycles. The molecule has 0 saturated heterocycles. The molecule has 0 aromatic rings. The molecule has 0 aromatic carbocycles. The van der Waals surface area contributed by atoms with Gasteiger partial charge in [-0.1, -0.05) is 6.92 Å². The van der Waals surface area contributed by atoms with Gasteiger partial charge >= 0.3 is 0 Å². The van der Waals surface area contributed by atoms with E-state index < -0.39 is 0 Å². The number of nitrogens with zero attached hydrogens (tertiary/aromatic N) is 1. The molecule has 0 amide bonds. The van der Waals surface area contributed by atoms with Crippen LogP contribution in [0.15, 0.2) is 0 Å². The van der Waals surface area contributed by atoms with E-state index >= 15 is 0 Å². The molecule has 0 heterocycles. The van der Waals surface area contributed by atoms with Crippen molar-refractivity contribution in [3.05, 3.63) is 0 Å². The van der Waals surface area contributed by atoms with E-state index in [9.17, 15) is 0 Å². The van der Waals surface area contributed by atoms with Crippen LogP contribution in [0.5, 0.6) is 0 Å². The Labute approximate surface area is 74.5 Å². The van der Waals surface area contributed by atoms with Crippen LogP contribution in [0.2, 0.25) is 0 Å². The van der Waals surface area contributed by atoms with E-state index in [0.717, 1.165) is 19.6 Å². The maximum absolute atomic E-state index is 5.47. The third-order valence-electron chi connectivity index (χ3n) is 1.41. The van der Waals surface area contributed by atoms with Crippen molar-refractivity contribution in [2.45, 2.75) is 20.3 Å². The van der Waals surface area contributed by atoms with Crippen LogP contribution in [0.25, 0.3) is 0 Å². The van der Waals surface area contributed by atoms with Gasteiger partial charge < -0.3 is 17.0 Å². The first-order valence-corrected chi connectivity index (χ1v) is 3.60. The van der Waals surface area contributed by atoms with E-state index in [2.05, 4.69) is 27.9 Å². The first-order valence-electron chi connectivity index (χ1n) is 3.60. The summed E-state index contributed by atoms with van der Waals surface area (Å²) in [7, 11) is 4.13. The highest BCUT2D eigenvalue weighted by atomic mass is 79.9. The van der Waals surface area contributed by atoms with Crippen molar-refractivity contribution in [3.8, 4) is 0 Å². The highest BCUT2D eigenvalue weighted by Gasteiger charge is 2.11. The fraction of sp³-hybridized carbons (Fsp3) is 1.00. The summed E-state index contributed by atoms with van der Waals surface area (Å²) in [4.78, 5) is 5.47. The largest absolute Gasteiger partial charge is 1.00 e. The first kappa shape index (κ1) is 13.0. The van der Waals surface area contributed by atoms with E-state index in [0.29, 0.717) is 4.65 Å². The molecule has 2 nitrogen and oxygen atoms in total. The molecule has 0 fully saturated rings. The van der Waals surface area contributed by atoms with Gasteiger partial charge in [0.2, 0.25) is 0 Å². The molecule has 0 N–H and O–H groups in total. The standard InChI is InChI=1S/C7H18NO.BrH/c1-5-7-9-8(3,4)6-2;/h5-7H2,1-4H3;1H/q+1;/p-1. The molecule has 3 heteroatoms. The average Bonchev–Trinajstić information content (AvgIpc) is 1.84. The van der Waals surface area contributed by atoms with Gasteiger partial charge in [-0.05, 0) is 13.3 Å². The number of quaternary nitrogens is 1. The molecule has 0 atom stereocenters. The summed E-state index contributed by atoms with van der Waals surface area (Å²) >= 11 is 0. The minimum absolute atomic E-state index is 0. The summed E-state index contributed by atoms with van der Waals surface area (Å²) in [6.07, 6.45) is 1.10. The molecule has 0 aliphatic heterocycles. The Morgan fingerprint density at radius 3 is 2.00 bits per heavy atom. The van der Waals surface area contributed by atoms with E-state index in [-0.39, 0.29) is 17.0 Å². The van der Waals surface area contributed by atoms with E-state index in [4.69, 9.17) is 4.84 Å². The number of hydrogen-bond acceptors (Lipinski definition) is 1. The molecule has 0 spiro atoms. The second-order valence-electron chi connectivity index (χ2n) is 2.72. The normalized spacial score (nSPS) is 10.8. The number of rotatable bonds is 4. The zero-order chi connectivity index (χ0) is 7.33. The summed E-state index contributed by atoms with van der Waals surface area (Å²) in [6.45, 7) is 6.13. The van der Waals surface area contributed by atoms with Crippen LogP contribution in [-0.2, 0) is 4.84 Å². The van der Waals surface area contributed by atoms with Gasteiger partial charge in [0.05, 0.1) is 14.1 Å². The maximum Gasteiger partial charge on any atom is 0.106 e. The predicted molar refractivity (Wildman–Crippen MR) is 38.9 cm³/mol. The molecule has 0 radical (unpaired) electrons. The molecular weight excluding hydrogens is 194 g/mol. The topological polar surface area (TPSA) is 9.23 Å². The fourth-order valence-electron chi connectivity index (χ4n) is 0.430. The first-order chi connectivity index (χ1) is 4.12. The van der Waals surface area contributed by atoms with E-state index in [1.807, 2.05) is 0 Å². The van der Waals surface area contributed by atoms with Crippen molar-refractivity contribution in [1.29, 1.82) is 0 Å². The predicted octanol–water partition coefficient (Wildman–Crippen LogP) is -1.57. The van der Waals surface area contributed by atoms with Crippen molar-refractivity contribution >= 4 is 0 Å². The SMILES string of the molecule is CCCO[N+](C)(C)CC.[Br-]. The van der Waals surface area contributed by atoms with Crippen molar-refractivity contribution in [2.24, 2.45) is 0 Å². The van der Waals surface area contributed by atoms with Crippen LogP contribution in [0.3, 0.4) is 0 Å². The Bertz CT molecular complexity index is 76.0. The molecule has 0 unspecified atom stereocenters. The zero-order valence-electron chi connectivity index (χ0n) is 7.35. The monoisotopic (exact) mass is 211 g/mol. The van der Waals surface area contributed by atoms with Gasteiger partial charge in [-0.3, -0.25) is 0 Å². The van der Waals surface area contributed by atoms with Crippen molar-refractivity contribution in [2.75, 3.05) is 27.2 Å². The lowest BCUT2D eigenvalue weighted by atomic mass is 10.5. The summed E-state index contributed by atoms with van der Waals surface area (Å²) in [5.41, 5.74) is 0. The van der Waals surface area contributed by atoms with Gasteiger partial charge in [-0.15, -0.1) is 0 Å². The Balaban J connectivity index is 0. The van der Waals surface area contributed by atoms with Gasteiger partial charge in [0.25, 0.3) is 0 Å². The summed E-state index contributed by atoms with van der Waals surface area (Å²) in [6, 6.07) is 0. The Morgan fingerprint density at radius 2 is 1.70 bits per heavy atom. The highest BCUT2D eigenvalue weighted by molar-refractivity contribution is 4.16. The molecule has 0 bridgehead atoms. The number of hydroxylamine groups is 3. The molecular formula is C7H18BrNO. The van der Waals surface area contributed by atoms with Gasteiger partial charge in [-0.25, -0.2) is 4.84 Å². The van der Waals surface area contributed by atoms with Crippen molar-refractivity contribution in [3.63, 3.8) is 0 Å². The lowest BCUT2D eigenvalue weighted by Gasteiger charge is -2.24. The third-order valence-corrected chi connectivity index (χ3v) is 1.41. The Morgan fingerprint density at radius 1 is 1.20 bits per heavy atom. The smallest absolute Gasteiger partial charge is 0.106 e.